The van der Waals surface area contributed by atoms with Gasteiger partial charge in [0, 0.05) is 47.0 Å². The summed E-state index contributed by atoms with van der Waals surface area (Å²) in [5.74, 6) is 1.17. The summed E-state index contributed by atoms with van der Waals surface area (Å²) >= 11 is 0. The van der Waals surface area contributed by atoms with Crippen LogP contribution in [0.1, 0.15) is 38.2 Å². The monoisotopic (exact) mass is 467 g/mol. The predicted molar refractivity (Wildman–Crippen MR) is 110 cm³/mol. The van der Waals surface area contributed by atoms with Crippen LogP contribution >= 0.6 is 24.0 Å². The van der Waals surface area contributed by atoms with Crippen molar-refractivity contribution < 1.29 is 8.60 Å². The van der Waals surface area contributed by atoms with Crippen LogP contribution in [0.4, 0.5) is 4.39 Å². The van der Waals surface area contributed by atoms with E-state index >= 15 is 0 Å². The highest BCUT2D eigenvalue weighted by atomic mass is 127. The summed E-state index contributed by atoms with van der Waals surface area (Å²) in [5, 5.41) is 6.82. The topological polar surface area (TPSA) is 53.5 Å². The average Bonchev–Trinajstić information content (AvgIpc) is 2.59. The number of rotatable bonds is 5. The van der Waals surface area contributed by atoms with Gasteiger partial charge in [-0.1, -0.05) is 31.5 Å². The number of benzene rings is 1. The number of hydrogen-bond acceptors (Lipinski definition) is 2. The van der Waals surface area contributed by atoms with Crippen molar-refractivity contribution in [1.82, 2.24) is 10.6 Å². The number of nitrogens with one attached hydrogen (secondary N) is 2. The van der Waals surface area contributed by atoms with Crippen LogP contribution < -0.4 is 10.6 Å². The van der Waals surface area contributed by atoms with Gasteiger partial charge in [-0.2, -0.15) is 0 Å². The van der Waals surface area contributed by atoms with E-state index in [2.05, 4.69) is 15.6 Å². The van der Waals surface area contributed by atoms with Gasteiger partial charge in [-0.05, 0) is 25.3 Å². The summed E-state index contributed by atoms with van der Waals surface area (Å²) in [6.07, 6.45) is 4.08. The molecule has 4 nitrogen and oxygen atoms in total. The van der Waals surface area contributed by atoms with Gasteiger partial charge < -0.3 is 10.6 Å². The highest BCUT2D eigenvalue weighted by Crippen LogP contribution is 2.23. The van der Waals surface area contributed by atoms with Gasteiger partial charge in [-0.3, -0.25) is 9.20 Å². The van der Waals surface area contributed by atoms with Crippen molar-refractivity contribution in [3.63, 3.8) is 0 Å². The molecule has 1 saturated carbocycles. The Hall–Kier alpha value is -0.700. The van der Waals surface area contributed by atoms with Crippen LogP contribution in [0, 0.1) is 5.82 Å². The molecule has 0 aromatic heterocycles. The van der Waals surface area contributed by atoms with Crippen molar-refractivity contribution in [2.75, 3.05) is 12.8 Å². The third kappa shape index (κ3) is 6.31. The zero-order valence-corrected chi connectivity index (χ0v) is 17.4. The van der Waals surface area contributed by atoms with Gasteiger partial charge in [-0.25, -0.2) is 4.39 Å². The predicted octanol–water partition coefficient (Wildman–Crippen LogP) is 3.19. The van der Waals surface area contributed by atoms with Gasteiger partial charge in [0.1, 0.15) is 5.82 Å². The van der Waals surface area contributed by atoms with Crippen LogP contribution in [0.25, 0.3) is 0 Å². The fraction of sp³-hybridized carbons (Fsp3) is 0.588. The quantitative estimate of drug-likeness (QED) is 0.398. The largest absolute Gasteiger partial charge is 0.354 e. The molecule has 0 heterocycles. The van der Waals surface area contributed by atoms with E-state index in [-0.39, 0.29) is 41.1 Å². The van der Waals surface area contributed by atoms with Crippen LogP contribution in [0.3, 0.4) is 0 Å². The molecule has 0 radical (unpaired) electrons. The van der Waals surface area contributed by atoms with Crippen LogP contribution in [-0.2, 0) is 17.3 Å². The summed E-state index contributed by atoms with van der Waals surface area (Å²) in [6, 6.07) is 7.00. The smallest absolute Gasteiger partial charge is 0.191 e. The first-order valence-corrected chi connectivity index (χ1v) is 9.60. The molecule has 2 N–H and O–H groups in total. The molecular formula is C17H27FIN3OS. The molecule has 3 unspecified atom stereocenters. The van der Waals surface area contributed by atoms with Crippen molar-refractivity contribution in [2.24, 2.45) is 4.99 Å². The Bertz CT molecular complexity index is 571. The van der Waals surface area contributed by atoms with Crippen LogP contribution in [0.15, 0.2) is 29.3 Å². The summed E-state index contributed by atoms with van der Waals surface area (Å²) in [5.41, 5.74) is 0.615. The van der Waals surface area contributed by atoms with Crippen molar-refractivity contribution >= 4 is 40.7 Å². The van der Waals surface area contributed by atoms with Gasteiger partial charge in [-0.15, -0.1) is 24.0 Å². The van der Waals surface area contributed by atoms with Crippen LogP contribution in [0.5, 0.6) is 0 Å². The summed E-state index contributed by atoms with van der Waals surface area (Å²) < 4.78 is 25.7. The summed E-state index contributed by atoms with van der Waals surface area (Å²) in [4.78, 5) is 4.21. The zero-order chi connectivity index (χ0) is 16.7. The SMILES string of the molecule is CCS(=O)C1CCCC(NC(=NC)NCc2ccccc2F)C1.I. The molecule has 0 aliphatic heterocycles. The van der Waals surface area contributed by atoms with Crippen LogP contribution in [0.2, 0.25) is 0 Å². The molecule has 3 atom stereocenters. The van der Waals surface area contributed by atoms with Gasteiger partial charge in [0.25, 0.3) is 0 Å². The normalized spacial score (nSPS) is 22.4. The third-order valence-corrected chi connectivity index (χ3v) is 5.99. The zero-order valence-electron chi connectivity index (χ0n) is 14.3. The highest BCUT2D eigenvalue weighted by molar-refractivity contribution is 14.0. The molecule has 0 bridgehead atoms. The fourth-order valence-electron chi connectivity index (χ4n) is 2.96. The number of hydrogen-bond donors (Lipinski definition) is 2. The molecule has 1 fully saturated rings. The summed E-state index contributed by atoms with van der Waals surface area (Å²) in [7, 11) is 0.972. The van der Waals surface area contributed by atoms with Crippen LogP contribution in [-0.4, -0.2) is 34.3 Å². The summed E-state index contributed by atoms with van der Waals surface area (Å²) in [6.45, 7) is 2.37. The lowest BCUT2D eigenvalue weighted by atomic mass is 9.95. The van der Waals surface area contributed by atoms with E-state index < -0.39 is 10.8 Å². The standard InChI is InChI=1S/C17H26FN3OS.HI/c1-3-23(22)15-9-6-8-14(11-15)21-17(19-2)20-12-13-7-4-5-10-16(13)18;/h4-5,7,10,14-15H,3,6,8-9,11-12H2,1-2H3,(H2,19,20,21);1H. The molecule has 136 valence electrons. The van der Waals surface area contributed by atoms with Crippen molar-refractivity contribution in [1.29, 1.82) is 0 Å². The Morgan fingerprint density at radius 3 is 2.79 bits per heavy atom. The minimum absolute atomic E-state index is 0. The van der Waals surface area contributed by atoms with E-state index in [1.807, 2.05) is 13.0 Å². The fourth-order valence-corrected chi connectivity index (χ4v) is 4.31. The molecule has 1 aromatic carbocycles. The van der Waals surface area contributed by atoms with Crippen molar-refractivity contribution in [3.05, 3.63) is 35.6 Å². The van der Waals surface area contributed by atoms with E-state index in [1.54, 1.807) is 19.2 Å². The number of guanidine groups is 1. The maximum atomic E-state index is 13.6. The first-order chi connectivity index (χ1) is 11.1. The number of nitrogens with zero attached hydrogens (tertiary/aromatic N) is 1. The second-order valence-corrected chi connectivity index (χ2v) is 7.82. The maximum Gasteiger partial charge on any atom is 0.191 e. The second-order valence-electron chi connectivity index (χ2n) is 5.82. The minimum Gasteiger partial charge on any atom is -0.354 e. The molecule has 1 aliphatic rings. The van der Waals surface area contributed by atoms with E-state index in [0.29, 0.717) is 18.1 Å². The highest BCUT2D eigenvalue weighted by Gasteiger charge is 2.26. The van der Waals surface area contributed by atoms with Gasteiger partial charge in [0.05, 0.1) is 0 Å². The van der Waals surface area contributed by atoms with Crippen molar-refractivity contribution in [3.8, 4) is 0 Å². The number of halogens is 2. The average molecular weight is 467 g/mol. The molecule has 1 aromatic rings. The molecule has 0 saturated heterocycles. The lowest BCUT2D eigenvalue weighted by Gasteiger charge is -2.30. The first-order valence-electron chi connectivity index (χ1n) is 8.21. The molecule has 2 rings (SSSR count). The molecule has 0 spiro atoms. The molecule has 24 heavy (non-hydrogen) atoms. The Morgan fingerprint density at radius 1 is 1.38 bits per heavy atom. The minimum atomic E-state index is -0.737. The Morgan fingerprint density at radius 2 is 2.12 bits per heavy atom. The van der Waals surface area contributed by atoms with Gasteiger partial charge in [0.2, 0.25) is 0 Å². The Labute approximate surface area is 163 Å². The molecule has 1 aliphatic carbocycles. The Balaban J connectivity index is 0.00000288. The molecule has 7 heteroatoms. The maximum absolute atomic E-state index is 13.6. The lowest BCUT2D eigenvalue weighted by molar-refractivity contribution is 0.413. The lowest BCUT2D eigenvalue weighted by Crippen LogP contribution is -2.46. The van der Waals surface area contributed by atoms with Gasteiger partial charge in [0.15, 0.2) is 5.96 Å². The molecular weight excluding hydrogens is 440 g/mol. The van der Waals surface area contributed by atoms with E-state index in [9.17, 15) is 8.60 Å². The van der Waals surface area contributed by atoms with E-state index in [1.165, 1.54) is 6.07 Å². The Kier molecular flexibility index (Phi) is 9.80. The first kappa shape index (κ1) is 21.3. The second kappa shape index (κ2) is 11.0. The van der Waals surface area contributed by atoms with E-state index in [0.717, 1.165) is 31.4 Å². The van der Waals surface area contributed by atoms with Gasteiger partial charge >= 0.3 is 0 Å². The van der Waals surface area contributed by atoms with E-state index in [4.69, 9.17) is 0 Å². The van der Waals surface area contributed by atoms with Crippen molar-refractivity contribution in [2.45, 2.75) is 50.4 Å². The number of aliphatic imine (C=N–C) groups is 1. The third-order valence-electron chi connectivity index (χ3n) is 4.25. The molecule has 0 amide bonds.